The fourth-order valence-corrected chi connectivity index (χ4v) is 5.01. The van der Waals surface area contributed by atoms with Gasteiger partial charge in [0.2, 0.25) is 5.75 Å². The van der Waals surface area contributed by atoms with Gasteiger partial charge >= 0.3 is 5.56 Å². The highest BCUT2D eigenvalue weighted by Crippen LogP contribution is 2.29. The summed E-state index contributed by atoms with van der Waals surface area (Å²) in [4.78, 5) is 33.2. The maximum atomic E-state index is 13.6. The van der Waals surface area contributed by atoms with E-state index in [1.165, 1.54) is 0 Å². The van der Waals surface area contributed by atoms with E-state index in [9.17, 15) is 14.9 Å². The molecule has 5 rings (SSSR count). The van der Waals surface area contributed by atoms with Crippen molar-refractivity contribution >= 4 is 11.5 Å². The van der Waals surface area contributed by atoms with E-state index in [0.29, 0.717) is 31.8 Å². The number of allylic oxidation sites excluding steroid dienone is 4. The molecule has 1 amide bonds. The maximum Gasteiger partial charge on any atom is 0.316 e. The molecule has 1 unspecified atom stereocenters. The van der Waals surface area contributed by atoms with Gasteiger partial charge in [0.25, 0.3) is 5.91 Å². The summed E-state index contributed by atoms with van der Waals surface area (Å²) in [7, 11) is 0. The highest BCUT2D eigenvalue weighted by molar-refractivity contribution is 5.96. The molecule has 0 saturated carbocycles. The Labute approximate surface area is 222 Å². The monoisotopic (exact) mass is 506 g/mol. The SMILES string of the molecule is CC(C)N1CCn2c(Cc3ccccc3C3=CCC(C#N)C=C3)nc(=O)c(OCc3ccccc3)c2C1=O. The summed E-state index contributed by atoms with van der Waals surface area (Å²) in [6.07, 6.45) is 7.03. The van der Waals surface area contributed by atoms with E-state index in [1.807, 2.05) is 85.2 Å². The molecule has 38 heavy (non-hydrogen) atoms. The number of hydrogen-bond donors (Lipinski definition) is 0. The summed E-state index contributed by atoms with van der Waals surface area (Å²) in [5.74, 6) is 0.207. The summed E-state index contributed by atoms with van der Waals surface area (Å²) < 4.78 is 7.83. The molecule has 0 saturated heterocycles. The average Bonchev–Trinajstić information content (AvgIpc) is 2.94. The van der Waals surface area contributed by atoms with Crippen molar-refractivity contribution < 1.29 is 9.53 Å². The third kappa shape index (κ3) is 5.03. The Balaban J connectivity index is 1.54. The summed E-state index contributed by atoms with van der Waals surface area (Å²) >= 11 is 0. The second kappa shape index (κ2) is 10.9. The second-order valence-corrected chi connectivity index (χ2v) is 9.85. The topological polar surface area (TPSA) is 88.2 Å². The molecule has 0 N–H and O–H groups in total. The number of carbonyl (C=O) groups is 1. The molecule has 3 aromatic rings. The molecule has 0 spiro atoms. The van der Waals surface area contributed by atoms with Crippen LogP contribution < -0.4 is 10.3 Å². The van der Waals surface area contributed by atoms with Gasteiger partial charge in [0.1, 0.15) is 12.4 Å². The van der Waals surface area contributed by atoms with E-state index in [1.54, 1.807) is 4.90 Å². The summed E-state index contributed by atoms with van der Waals surface area (Å²) in [6, 6.07) is 19.8. The largest absolute Gasteiger partial charge is 0.481 e. The fourth-order valence-electron chi connectivity index (χ4n) is 5.01. The molecule has 7 nitrogen and oxygen atoms in total. The lowest BCUT2D eigenvalue weighted by molar-refractivity contribution is 0.0634. The van der Waals surface area contributed by atoms with Crippen LogP contribution >= 0.6 is 0 Å². The Morgan fingerprint density at radius 1 is 1.08 bits per heavy atom. The van der Waals surface area contributed by atoms with E-state index in [-0.39, 0.29) is 35.9 Å². The van der Waals surface area contributed by atoms with Gasteiger partial charge in [-0.2, -0.15) is 10.2 Å². The smallest absolute Gasteiger partial charge is 0.316 e. The van der Waals surface area contributed by atoms with Crippen molar-refractivity contribution in [2.75, 3.05) is 6.54 Å². The van der Waals surface area contributed by atoms with Crippen molar-refractivity contribution in [1.82, 2.24) is 14.5 Å². The quantitative estimate of drug-likeness (QED) is 0.461. The zero-order valence-electron chi connectivity index (χ0n) is 21.6. The van der Waals surface area contributed by atoms with E-state index in [4.69, 9.17) is 4.74 Å². The third-order valence-electron chi connectivity index (χ3n) is 7.04. The Hall–Kier alpha value is -4.44. The molecular formula is C31H30N4O3. The van der Waals surface area contributed by atoms with Crippen LogP contribution in [-0.2, 0) is 19.6 Å². The Bertz CT molecular complexity index is 1510. The van der Waals surface area contributed by atoms with E-state index < -0.39 is 5.56 Å². The molecule has 0 radical (unpaired) electrons. The minimum absolute atomic E-state index is 0.00158. The zero-order chi connectivity index (χ0) is 26.6. The Morgan fingerprint density at radius 3 is 2.55 bits per heavy atom. The van der Waals surface area contributed by atoms with Crippen LogP contribution in [0.4, 0.5) is 0 Å². The molecule has 0 bridgehead atoms. The number of aromatic nitrogens is 2. The van der Waals surface area contributed by atoms with Crippen LogP contribution in [0.5, 0.6) is 5.75 Å². The normalized spacial score (nSPS) is 16.7. The minimum Gasteiger partial charge on any atom is -0.481 e. The number of hydrogen-bond acceptors (Lipinski definition) is 5. The highest BCUT2D eigenvalue weighted by Gasteiger charge is 2.33. The molecule has 2 heterocycles. The van der Waals surface area contributed by atoms with Gasteiger partial charge in [0.15, 0.2) is 5.69 Å². The molecule has 1 aromatic heterocycles. The Kier molecular flexibility index (Phi) is 7.23. The summed E-state index contributed by atoms with van der Waals surface area (Å²) in [5, 5.41) is 9.22. The van der Waals surface area contributed by atoms with E-state index in [0.717, 1.165) is 22.3 Å². The average molecular weight is 507 g/mol. The predicted octanol–water partition coefficient (Wildman–Crippen LogP) is 4.76. The lowest BCUT2D eigenvalue weighted by Crippen LogP contribution is -2.46. The van der Waals surface area contributed by atoms with Gasteiger partial charge in [-0.3, -0.25) is 9.59 Å². The van der Waals surface area contributed by atoms with Crippen LogP contribution in [0, 0.1) is 17.2 Å². The Morgan fingerprint density at radius 2 is 1.84 bits per heavy atom. The molecule has 2 aliphatic rings. The van der Waals surface area contributed by atoms with Crippen molar-refractivity contribution in [2.45, 2.75) is 45.9 Å². The lowest BCUT2D eigenvalue weighted by Gasteiger charge is -2.34. The van der Waals surface area contributed by atoms with E-state index >= 15 is 0 Å². The van der Waals surface area contributed by atoms with Gasteiger partial charge in [-0.05, 0) is 42.5 Å². The zero-order valence-corrected chi connectivity index (χ0v) is 21.6. The number of nitriles is 1. The molecule has 1 atom stereocenters. The van der Waals surface area contributed by atoms with E-state index in [2.05, 4.69) is 17.1 Å². The van der Waals surface area contributed by atoms with Crippen LogP contribution in [0.1, 0.15) is 53.3 Å². The fraction of sp³-hybridized carbons (Fsp3) is 0.290. The molecule has 1 aliphatic carbocycles. The van der Waals surface area contributed by atoms with Crippen molar-refractivity contribution in [1.29, 1.82) is 5.26 Å². The van der Waals surface area contributed by atoms with Gasteiger partial charge in [-0.15, -0.1) is 0 Å². The van der Waals surface area contributed by atoms with Gasteiger partial charge < -0.3 is 14.2 Å². The number of nitrogens with zero attached hydrogens (tertiary/aromatic N) is 4. The minimum atomic E-state index is -0.535. The van der Waals surface area contributed by atoms with Crippen LogP contribution in [-0.4, -0.2) is 32.9 Å². The van der Waals surface area contributed by atoms with Gasteiger partial charge in [0.05, 0.1) is 12.0 Å². The summed E-state index contributed by atoms with van der Waals surface area (Å²) in [6.45, 7) is 5.17. The number of ether oxygens (including phenoxy) is 1. The van der Waals surface area contributed by atoms with Gasteiger partial charge in [-0.1, -0.05) is 72.8 Å². The first-order valence-electron chi connectivity index (χ1n) is 12.9. The predicted molar refractivity (Wildman–Crippen MR) is 146 cm³/mol. The number of benzene rings is 2. The first-order valence-corrected chi connectivity index (χ1v) is 12.9. The molecule has 0 fully saturated rings. The standard InChI is InChI=1S/C31H30N4O3/c1-21(2)34-16-17-35-27(18-25-10-6-7-11-26(25)24-14-12-22(19-32)13-15-24)33-30(36)29(28(35)31(34)37)38-20-23-8-4-3-5-9-23/h3-12,14-15,21-22H,13,16-18,20H2,1-2H3. The van der Waals surface area contributed by atoms with Crippen LogP contribution in [0.25, 0.3) is 5.57 Å². The third-order valence-corrected chi connectivity index (χ3v) is 7.04. The van der Waals surface area contributed by atoms with Crippen LogP contribution in [0.2, 0.25) is 0 Å². The van der Waals surface area contributed by atoms with Gasteiger partial charge in [-0.25, -0.2) is 0 Å². The van der Waals surface area contributed by atoms with Crippen molar-refractivity contribution in [2.24, 2.45) is 5.92 Å². The van der Waals surface area contributed by atoms with Crippen LogP contribution in [0.15, 0.2) is 77.6 Å². The number of fused-ring (bicyclic) bond motifs is 1. The molecule has 2 aromatic carbocycles. The first-order chi connectivity index (χ1) is 18.5. The molecule has 1 aliphatic heterocycles. The molecular weight excluding hydrogens is 476 g/mol. The summed E-state index contributed by atoms with van der Waals surface area (Å²) in [5.41, 5.74) is 3.70. The second-order valence-electron chi connectivity index (χ2n) is 9.85. The number of amides is 1. The lowest BCUT2D eigenvalue weighted by atomic mass is 9.90. The number of carbonyl (C=O) groups excluding carboxylic acids is 1. The molecule has 192 valence electrons. The highest BCUT2D eigenvalue weighted by atomic mass is 16.5. The molecule has 7 heteroatoms. The van der Waals surface area contributed by atoms with Crippen molar-refractivity contribution in [3.8, 4) is 11.8 Å². The van der Waals surface area contributed by atoms with Gasteiger partial charge in [0, 0.05) is 25.6 Å². The number of rotatable bonds is 7. The van der Waals surface area contributed by atoms with Crippen molar-refractivity contribution in [3.63, 3.8) is 0 Å². The first kappa shape index (κ1) is 25.2. The van der Waals surface area contributed by atoms with Crippen LogP contribution in [0.3, 0.4) is 0 Å². The van der Waals surface area contributed by atoms with Crippen molar-refractivity contribution in [3.05, 3.63) is 111 Å². The maximum absolute atomic E-state index is 13.6.